The number of hydrogen-bond donors (Lipinski definition) is 0. The van der Waals surface area contributed by atoms with Crippen LogP contribution in [-0.2, 0) is 9.53 Å². The van der Waals surface area contributed by atoms with E-state index in [1.165, 1.54) is 25.7 Å². The molecule has 2 heteroatoms. The lowest BCUT2D eigenvalue weighted by atomic mass is 9.57. The first kappa shape index (κ1) is 14.9. The van der Waals surface area contributed by atoms with Crippen molar-refractivity contribution in [1.82, 2.24) is 0 Å². The van der Waals surface area contributed by atoms with Gasteiger partial charge in [0.1, 0.15) is 5.60 Å². The van der Waals surface area contributed by atoms with Crippen molar-refractivity contribution in [2.24, 2.45) is 29.6 Å². The molecule has 0 aromatic rings. The fourth-order valence-corrected chi connectivity index (χ4v) is 4.64. The van der Waals surface area contributed by atoms with Crippen LogP contribution in [0.25, 0.3) is 0 Å². The number of ether oxygens (including phenoxy) is 1. The van der Waals surface area contributed by atoms with Gasteiger partial charge in [-0.1, -0.05) is 34.6 Å². The second-order valence-corrected chi connectivity index (χ2v) is 7.40. The third kappa shape index (κ3) is 2.68. The Morgan fingerprint density at radius 2 is 1.89 bits per heavy atom. The molecule has 0 heterocycles. The summed E-state index contributed by atoms with van der Waals surface area (Å²) < 4.78 is 6.10. The van der Waals surface area contributed by atoms with Crippen LogP contribution in [0.15, 0.2) is 0 Å². The van der Waals surface area contributed by atoms with E-state index in [9.17, 15) is 4.79 Å². The van der Waals surface area contributed by atoms with Crippen molar-refractivity contribution in [1.29, 1.82) is 0 Å². The van der Waals surface area contributed by atoms with Crippen molar-refractivity contribution in [2.75, 3.05) is 0 Å². The molecule has 2 rings (SSSR count). The third-order valence-electron chi connectivity index (χ3n) is 5.57. The Hall–Kier alpha value is -0.530. The van der Waals surface area contributed by atoms with E-state index in [1.807, 2.05) is 13.8 Å². The Morgan fingerprint density at radius 1 is 1.21 bits per heavy atom. The van der Waals surface area contributed by atoms with Gasteiger partial charge in [-0.3, -0.25) is 4.79 Å². The summed E-state index contributed by atoms with van der Waals surface area (Å²) in [4.78, 5) is 12.1. The molecule has 0 radical (unpaired) electrons. The molecular weight excluding hydrogens is 236 g/mol. The van der Waals surface area contributed by atoms with Gasteiger partial charge in [-0.05, 0) is 55.8 Å². The molecule has 0 saturated heterocycles. The van der Waals surface area contributed by atoms with Crippen LogP contribution >= 0.6 is 0 Å². The Labute approximate surface area is 118 Å². The molecule has 2 fully saturated rings. The van der Waals surface area contributed by atoms with Crippen LogP contribution in [0.5, 0.6) is 0 Å². The first-order valence-electron chi connectivity index (χ1n) is 8.11. The molecular formula is C17H30O2. The lowest BCUT2D eigenvalue weighted by molar-refractivity contribution is -0.194. The number of rotatable bonds is 3. The molecule has 19 heavy (non-hydrogen) atoms. The van der Waals surface area contributed by atoms with Gasteiger partial charge in [0, 0.05) is 0 Å². The van der Waals surface area contributed by atoms with Gasteiger partial charge in [0.05, 0.1) is 5.92 Å². The summed E-state index contributed by atoms with van der Waals surface area (Å²) in [7, 11) is 0. The average Bonchev–Trinajstić information content (AvgIpc) is 2.33. The normalized spacial score (nSPS) is 42.2. The number of carbonyl (C=O) groups is 1. The van der Waals surface area contributed by atoms with Crippen LogP contribution in [0.2, 0.25) is 0 Å². The Balaban J connectivity index is 2.23. The van der Waals surface area contributed by atoms with Crippen molar-refractivity contribution >= 4 is 5.97 Å². The molecule has 2 nitrogen and oxygen atoms in total. The maximum Gasteiger partial charge on any atom is 0.308 e. The van der Waals surface area contributed by atoms with Crippen LogP contribution < -0.4 is 0 Å². The second-order valence-electron chi connectivity index (χ2n) is 7.40. The van der Waals surface area contributed by atoms with Crippen LogP contribution in [0, 0.1) is 29.6 Å². The highest BCUT2D eigenvalue weighted by Crippen LogP contribution is 2.53. The maximum absolute atomic E-state index is 12.1. The van der Waals surface area contributed by atoms with Crippen molar-refractivity contribution < 1.29 is 9.53 Å². The standard InChI is InChI=1S/C17H30O2/c1-6-17(19-16(18)11(2)3)13(5)9-14-7-12(4)8-15(17)10-14/h11-15H,6-10H2,1-5H3. The predicted octanol–water partition coefficient (Wildman–Crippen LogP) is 4.43. The Kier molecular flexibility index (Phi) is 4.27. The van der Waals surface area contributed by atoms with E-state index < -0.39 is 0 Å². The van der Waals surface area contributed by atoms with Crippen molar-refractivity contribution in [3.05, 3.63) is 0 Å². The van der Waals surface area contributed by atoms with Crippen LogP contribution in [0.3, 0.4) is 0 Å². The smallest absolute Gasteiger partial charge is 0.308 e. The summed E-state index contributed by atoms with van der Waals surface area (Å²) >= 11 is 0. The molecule has 2 aliphatic carbocycles. The summed E-state index contributed by atoms with van der Waals surface area (Å²) in [5.41, 5.74) is -0.188. The van der Waals surface area contributed by atoms with Crippen molar-refractivity contribution in [2.45, 2.75) is 72.3 Å². The van der Waals surface area contributed by atoms with Gasteiger partial charge in [0.2, 0.25) is 0 Å². The highest BCUT2D eigenvalue weighted by molar-refractivity contribution is 5.72. The molecule has 5 unspecified atom stereocenters. The summed E-state index contributed by atoms with van der Waals surface area (Å²) in [6, 6.07) is 0. The summed E-state index contributed by atoms with van der Waals surface area (Å²) in [5, 5.41) is 0. The zero-order valence-corrected chi connectivity index (χ0v) is 13.2. The van der Waals surface area contributed by atoms with Gasteiger partial charge in [-0.2, -0.15) is 0 Å². The second kappa shape index (κ2) is 5.46. The zero-order chi connectivity index (χ0) is 14.2. The predicted molar refractivity (Wildman–Crippen MR) is 77.7 cm³/mol. The molecule has 0 spiro atoms. The number of carbonyl (C=O) groups excluding carboxylic acids is 1. The van der Waals surface area contributed by atoms with Gasteiger partial charge in [-0.25, -0.2) is 0 Å². The lowest BCUT2D eigenvalue weighted by Gasteiger charge is -2.53. The molecule has 110 valence electrons. The first-order valence-corrected chi connectivity index (χ1v) is 8.11. The largest absolute Gasteiger partial charge is 0.458 e. The molecule has 2 aliphatic rings. The van der Waals surface area contributed by atoms with E-state index in [1.54, 1.807) is 0 Å². The van der Waals surface area contributed by atoms with E-state index >= 15 is 0 Å². The number of fused-ring (bicyclic) bond motifs is 2. The zero-order valence-electron chi connectivity index (χ0n) is 13.2. The summed E-state index contributed by atoms with van der Waals surface area (Å²) in [6.07, 6.45) is 6.09. The fraction of sp³-hybridized carbons (Fsp3) is 0.941. The molecule has 0 aromatic heterocycles. The molecule has 2 bridgehead atoms. The minimum atomic E-state index is -0.188. The van der Waals surface area contributed by atoms with E-state index in [-0.39, 0.29) is 17.5 Å². The number of esters is 1. The molecule has 0 aliphatic heterocycles. The van der Waals surface area contributed by atoms with Gasteiger partial charge in [0.15, 0.2) is 0 Å². The maximum atomic E-state index is 12.1. The lowest BCUT2D eigenvalue weighted by Crippen LogP contribution is -2.54. The first-order chi connectivity index (χ1) is 8.89. The van der Waals surface area contributed by atoms with Gasteiger partial charge in [-0.15, -0.1) is 0 Å². The van der Waals surface area contributed by atoms with Crippen LogP contribution in [0.1, 0.15) is 66.7 Å². The fourth-order valence-electron chi connectivity index (χ4n) is 4.64. The highest BCUT2D eigenvalue weighted by Gasteiger charge is 2.52. The van der Waals surface area contributed by atoms with E-state index in [0.29, 0.717) is 11.8 Å². The van der Waals surface area contributed by atoms with E-state index in [2.05, 4.69) is 20.8 Å². The Morgan fingerprint density at radius 3 is 2.47 bits per heavy atom. The molecule has 0 amide bonds. The van der Waals surface area contributed by atoms with Gasteiger partial charge < -0.3 is 4.74 Å². The molecule has 0 aromatic carbocycles. The minimum absolute atomic E-state index is 0.00891. The van der Waals surface area contributed by atoms with Crippen LogP contribution in [0.4, 0.5) is 0 Å². The van der Waals surface area contributed by atoms with Gasteiger partial charge >= 0.3 is 5.97 Å². The number of hydrogen-bond acceptors (Lipinski definition) is 2. The van der Waals surface area contributed by atoms with E-state index in [0.717, 1.165) is 18.3 Å². The van der Waals surface area contributed by atoms with E-state index in [4.69, 9.17) is 4.74 Å². The van der Waals surface area contributed by atoms with Crippen molar-refractivity contribution in [3.63, 3.8) is 0 Å². The van der Waals surface area contributed by atoms with Crippen LogP contribution in [-0.4, -0.2) is 11.6 Å². The molecule has 0 N–H and O–H groups in total. The highest BCUT2D eigenvalue weighted by atomic mass is 16.6. The third-order valence-corrected chi connectivity index (χ3v) is 5.57. The minimum Gasteiger partial charge on any atom is -0.458 e. The van der Waals surface area contributed by atoms with Crippen molar-refractivity contribution in [3.8, 4) is 0 Å². The molecule has 2 saturated carbocycles. The quantitative estimate of drug-likeness (QED) is 0.706. The topological polar surface area (TPSA) is 26.3 Å². The average molecular weight is 266 g/mol. The van der Waals surface area contributed by atoms with Gasteiger partial charge in [0.25, 0.3) is 0 Å². The summed E-state index contributed by atoms with van der Waals surface area (Å²) in [6.45, 7) is 10.7. The monoisotopic (exact) mass is 266 g/mol. The summed E-state index contributed by atoms with van der Waals surface area (Å²) in [5.74, 6) is 2.72. The SMILES string of the molecule is CCC1(OC(=O)C(C)C)C(C)CC2CC(C)CC1C2. The molecule has 5 atom stereocenters. The Bertz CT molecular complexity index is 332.